The standard InChI is InChI=1S/C12H15BrN2O2S/c1-8(7-15-5-2-3-10(15)16)14-12(17)11-9(13)4-6-18-11/h4,6,8H,2-3,5,7H2,1H3,(H,14,17). The summed E-state index contributed by atoms with van der Waals surface area (Å²) in [6, 6.07) is 1.82. The fourth-order valence-corrected chi connectivity index (χ4v) is 3.47. The third kappa shape index (κ3) is 3.11. The van der Waals surface area contributed by atoms with E-state index in [1.165, 1.54) is 11.3 Å². The molecule has 4 nitrogen and oxygen atoms in total. The van der Waals surface area contributed by atoms with Crippen LogP contribution in [0, 0.1) is 0 Å². The van der Waals surface area contributed by atoms with Crippen LogP contribution in [0.15, 0.2) is 15.9 Å². The lowest BCUT2D eigenvalue weighted by molar-refractivity contribution is -0.127. The fraction of sp³-hybridized carbons (Fsp3) is 0.500. The summed E-state index contributed by atoms with van der Waals surface area (Å²) in [5, 5.41) is 4.79. The number of likely N-dealkylation sites (tertiary alicyclic amines) is 1. The van der Waals surface area contributed by atoms with E-state index >= 15 is 0 Å². The van der Waals surface area contributed by atoms with Crippen molar-refractivity contribution in [3.63, 3.8) is 0 Å². The normalized spacial score (nSPS) is 17.0. The predicted octanol–water partition coefficient (Wildman–Crippen LogP) is 2.25. The Balaban J connectivity index is 1.88. The quantitative estimate of drug-likeness (QED) is 0.920. The molecule has 1 aromatic heterocycles. The van der Waals surface area contributed by atoms with Crippen LogP contribution in [0.5, 0.6) is 0 Å². The Labute approximate surface area is 118 Å². The highest BCUT2D eigenvalue weighted by Crippen LogP contribution is 2.22. The first kappa shape index (κ1) is 13.5. The van der Waals surface area contributed by atoms with Gasteiger partial charge in [-0.15, -0.1) is 11.3 Å². The van der Waals surface area contributed by atoms with Gasteiger partial charge in [-0.05, 0) is 40.7 Å². The number of amides is 2. The number of halogens is 1. The lowest BCUT2D eigenvalue weighted by Gasteiger charge is -2.21. The molecule has 0 saturated carbocycles. The summed E-state index contributed by atoms with van der Waals surface area (Å²) >= 11 is 4.74. The minimum atomic E-state index is -0.0870. The molecule has 1 aliphatic heterocycles. The molecule has 1 saturated heterocycles. The van der Waals surface area contributed by atoms with Gasteiger partial charge >= 0.3 is 0 Å². The molecule has 2 amide bonds. The Morgan fingerprint density at radius 1 is 1.67 bits per heavy atom. The first-order valence-electron chi connectivity index (χ1n) is 5.89. The number of carbonyl (C=O) groups excluding carboxylic acids is 2. The van der Waals surface area contributed by atoms with Gasteiger partial charge in [-0.1, -0.05) is 0 Å². The Morgan fingerprint density at radius 2 is 2.44 bits per heavy atom. The number of thiophene rings is 1. The smallest absolute Gasteiger partial charge is 0.262 e. The van der Waals surface area contributed by atoms with Gasteiger partial charge in [0, 0.05) is 30.0 Å². The highest BCUT2D eigenvalue weighted by molar-refractivity contribution is 9.10. The van der Waals surface area contributed by atoms with Gasteiger partial charge in [0.25, 0.3) is 5.91 Å². The molecule has 1 fully saturated rings. The molecule has 2 rings (SSSR count). The molecule has 0 radical (unpaired) electrons. The molecule has 0 aromatic carbocycles. The van der Waals surface area contributed by atoms with Gasteiger partial charge in [0.1, 0.15) is 4.88 Å². The third-order valence-electron chi connectivity index (χ3n) is 2.87. The minimum absolute atomic E-state index is 0.0338. The number of hydrogen-bond donors (Lipinski definition) is 1. The van der Waals surface area contributed by atoms with Gasteiger partial charge < -0.3 is 10.2 Å². The molecular weight excluding hydrogens is 316 g/mol. The summed E-state index contributed by atoms with van der Waals surface area (Å²) in [7, 11) is 0. The number of nitrogens with zero attached hydrogens (tertiary/aromatic N) is 1. The summed E-state index contributed by atoms with van der Waals surface area (Å²) in [5.41, 5.74) is 0. The molecule has 0 aliphatic carbocycles. The van der Waals surface area contributed by atoms with Crippen LogP contribution in [0.1, 0.15) is 29.4 Å². The second-order valence-electron chi connectivity index (χ2n) is 4.42. The second-order valence-corrected chi connectivity index (χ2v) is 6.19. The summed E-state index contributed by atoms with van der Waals surface area (Å²) in [6.07, 6.45) is 1.56. The molecule has 1 N–H and O–H groups in total. The zero-order chi connectivity index (χ0) is 13.1. The van der Waals surface area contributed by atoms with E-state index in [1.54, 1.807) is 0 Å². The second kappa shape index (κ2) is 5.84. The van der Waals surface area contributed by atoms with Crippen LogP contribution in [0.3, 0.4) is 0 Å². The fourth-order valence-electron chi connectivity index (χ4n) is 2.02. The average molecular weight is 331 g/mol. The van der Waals surface area contributed by atoms with Crippen LogP contribution >= 0.6 is 27.3 Å². The highest BCUT2D eigenvalue weighted by Gasteiger charge is 2.23. The van der Waals surface area contributed by atoms with E-state index in [0.29, 0.717) is 17.8 Å². The van der Waals surface area contributed by atoms with Crippen molar-refractivity contribution < 1.29 is 9.59 Å². The first-order valence-corrected chi connectivity index (χ1v) is 7.57. The molecule has 18 heavy (non-hydrogen) atoms. The van der Waals surface area contributed by atoms with Crippen molar-refractivity contribution >= 4 is 39.1 Å². The SMILES string of the molecule is CC(CN1CCCC1=O)NC(=O)c1sccc1Br. The largest absolute Gasteiger partial charge is 0.347 e. The number of nitrogens with one attached hydrogen (secondary N) is 1. The van der Waals surface area contributed by atoms with Crippen molar-refractivity contribution in [2.24, 2.45) is 0 Å². The maximum Gasteiger partial charge on any atom is 0.262 e. The van der Waals surface area contributed by atoms with Gasteiger partial charge in [0.15, 0.2) is 0 Å². The van der Waals surface area contributed by atoms with E-state index in [0.717, 1.165) is 17.4 Å². The van der Waals surface area contributed by atoms with Crippen LogP contribution in [0.4, 0.5) is 0 Å². The van der Waals surface area contributed by atoms with E-state index in [-0.39, 0.29) is 17.9 Å². The van der Waals surface area contributed by atoms with E-state index in [2.05, 4.69) is 21.2 Å². The van der Waals surface area contributed by atoms with Crippen LogP contribution in [0.25, 0.3) is 0 Å². The van der Waals surface area contributed by atoms with E-state index in [9.17, 15) is 9.59 Å². The van der Waals surface area contributed by atoms with Crippen LogP contribution in [-0.4, -0.2) is 35.8 Å². The average Bonchev–Trinajstić information content (AvgIpc) is 2.88. The topological polar surface area (TPSA) is 49.4 Å². The summed E-state index contributed by atoms with van der Waals surface area (Å²) in [6.45, 7) is 3.32. The van der Waals surface area contributed by atoms with Crippen LogP contribution < -0.4 is 5.32 Å². The maximum atomic E-state index is 12.0. The zero-order valence-electron chi connectivity index (χ0n) is 10.1. The van der Waals surface area contributed by atoms with E-state index in [4.69, 9.17) is 0 Å². The van der Waals surface area contributed by atoms with Gasteiger partial charge in [-0.3, -0.25) is 9.59 Å². The van der Waals surface area contributed by atoms with Gasteiger partial charge in [0.05, 0.1) is 0 Å². The molecule has 98 valence electrons. The van der Waals surface area contributed by atoms with E-state index in [1.807, 2.05) is 23.3 Å². The zero-order valence-corrected chi connectivity index (χ0v) is 12.5. The van der Waals surface area contributed by atoms with Crippen molar-refractivity contribution in [3.05, 3.63) is 20.8 Å². The van der Waals surface area contributed by atoms with Crippen molar-refractivity contribution in [3.8, 4) is 0 Å². The molecule has 1 unspecified atom stereocenters. The molecule has 1 aromatic rings. The Morgan fingerprint density at radius 3 is 3.00 bits per heavy atom. The van der Waals surface area contributed by atoms with Crippen LogP contribution in [0.2, 0.25) is 0 Å². The Hall–Kier alpha value is -0.880. The maximum absolute atomic E-state index is 12.0. The lowest BCUT2D eigenvalue weighted by atomic mass is 10.3. The molecular formula is C12H15BrN2O2S. The molecule has 1 atom stereocenters. The number of carbonyl (C=O) groups is 2. The van der Waals surface area contributed by atoms with Gasteiger partial charge in [-0.2, -0.15) is 0 Å². The molecule has 1 aliphatic rings. The number of hydrogen-bond acceptors (Lipinski definition) is 3. The van der Waals surface area contributed by atoms with Gasteiger partial charge in [-0.25, -0.2) is 0 Å². The van der Waals surface area contributed by atoms with E-state index < -0.39 is 0 Å². The summed E-state index contributed by atoms with van der Waals surface area (Å²) < 4.78 is 0.814. The van der Waals surface area contributed by atoms with Crippen molar-refractivity contribution in [1.82, 2.24) is 10.2 Å². The molecule has 6 heteroatoms. The lowest BCUT2D eigenvalue weighted by Crippen LogP contribution is -2.42. The first-order chi connectivity index (χ1) is 8.58. The Bertz CT molecular complexity index is 461. The summed E-state index contributed by atoms with van der Waals surface area (Å²) in [4.78, 5) is 25.9. The molecule has 0 spiro atoms. The van der Waals surface area contributed by atoms with Crippen LogP contribution in [-0.2, 0) is 4.79 Å². The van der Waals surface area contributed by atoms with Gasteiger partial charge in [0.2, 0.25) is 5.91 Å². The monoisotopic (exact) mass is 330 g/mol. The minimum Gasteiger partial charge on any atom is -0.347 e. The van der Waals surface area contributed by atoms with Crippen molar-refractivity contribution in [1.29, 1.82) is 0 Å². The number of rotatable bonds is 4. The summed E-state index contributed by atoms with van der Waals surface area (Å²) in [5.74, 6) is 0.101. The molecule has 2 heterocycles. The van der Waals surface area contributed by atoms with Crippen molar-refractivity contribution in [2.45, 2.75) is 25.8 Å². The molecule has 0 bridgehead atoms. The third-order valence-corrected chi connectivity index (χ3v) is 4.70. The van der Waals surface area contributed by atoms with Crippen molar-refractivity contribution in [2.75, 3.05) is 13.1 Å². The predicted molar refractivity (Wildman–Crippen MR) is 74.8 cm³/mol. The highest BCUT2D eigenvalue weighted by atomic mass is 79.9. The Kier molecular flexibility index (Phi) is 4.40.